The molecule has 0 aliphatic heterocycles. The molecule has 1 aromatic heterocycles. The van der Waals surface area contributed by atoms with Crippen LogP contribution in [0.25, 0.3) is 0 Å². The minimum atomic E-state index is -0.242. The highest BCUT2D eigenvalue weighted by Gasteiger charge is 2.04. The summed E-state index contributed by atoms with van der Waals surface area (Å²) < 4.78 is 0. The number of carbonyl (C=O) groups is 1. The first-order valence-electron chi connectivity index (χ1n) is 4.57. The molecule has 0 aliphatic carbocycles. The maximum Gasteiger partial charge on any atom is 0.271 e. The molecular weight excluding hydrogens is 192 g/mol. The number of nitrogens with zero attached hydrogens (tertiary/aromatic N) is 2. The Hall–Kier alpha value is -1.91. The lowest BCUT2D eigenvalue weighted by Gasteiger charge is -2.04. The average Bonchev–Trinajstić information content (AvgIpc) is 2.26. The van der Waals surface area contributed by atoms with Crippen molar-refractivity contribution in [1.29, 1.82) is 0 Å². The third kappa shape index (κ3) is 3.38. The normalized spacial score (nSPS) is 9.47. The van der Waals surface area contributed by atoms with Gasteiger partial charge in [0.15, 0.2) is 5.69 Å². The number of aromatic nitrogens is 2. The quantitative estimate of drug-likeness (QED) is 0.716. The summed E-state index contributed by atoms with van der Waals surface area (Å²) in [5.74, 6) is 0.389. The van der Waals surface area contributed by atoms with Crippen molar-refractivity contribution in [2.75, 3.05) is 18.9 Å². The Labute approximate surface area is 88.6 Å². The van der Waals surface area contributed by atoms with E-state index < -0.39 is 0 Å². The lowest BCUT2D eigenvalue weighted by atomic mass is 10.3. The highest BCUT2D eigenvalue weighted by atomic mass is 16.1. The van der Waals surface area contributed by atoms with Crippen LogP contribution in [0.4, 0.5) is 5.82 Å². The van der Waals surface area contributed by atoms with Gasteiger partial charge in [-0.25, -0.2) is 0 Å². The highest BCUT2D eigenvalue weighted by molar-refractivity contribution is 5.91. The Morgan fingerprint density at radius 2 is 2.20 bits per heavy atom. The lowest BCUT2D eigenvalue weighted by Crippen LogP contribution is -2.19. The van der Waals surface area contributed by atoms with Crippen molar-refractivity contribution in [2.24, 2.45) is 0 Å². The third-order valence-electron chi connectivity index (χ3n) is 1.70. The second-order valence-corrected chi connectivity index (χ2v) is 3.19. The molecule has 1 aromatic rings. The van der Waals surface area contributed by atoms with Crippen molar-refractivity contribution in [3.05, 3.63) is 30.0 Å². The van der Waals surface area contributed by atoms with Gasteiger partial charge in [0.25, 0.3) is 5.91 Å². The third-order valence-corrected chi connectivity index (χ3v) is 1.70. The molecule has 0 saturated carbocycles. The van der Waals surface area contributed by atoms with Gasteiger partial charge in [-0.3, -0.25) is 4.79 Å². The van der Waals surface area contributed by atoms with E-state index in [2.05, 4.69) is 27.4 Å². The van der Waals surface area contributed by atoms with Crippen LogP contribution < -0.4 is 10.6 Å². The maximum atomic E-state index is 11.1. The second-order valence-electron chi connectivity index (χ2n) is 3.19. The molecule has 0 bridgehead atoms. The molecule has 0 aromatic carbocycles. The monoisotopic (exact) mass is 206 g/mol. The van der Waals surface area contributed by atoms with Crippen LogP contribution >= 0.6 is 0 Å². The zero-order chi connectivity index (χ0) is 11.3. The number of carbonyl (C=O) groups excluding carboxylic acids is 1. The Morgan fingerprint density at radius 1 is 1.47 bits per heavy atom. The van der Waals surface area contributed by atoms with Gasteiger partial charge in [0.1, 0.15) is 5.82 Å². The van der Waals surface area contributed by atoms with Gasteiger partial charge in [0.2, 0.25) is 0 Å². The summed E-state index contributed by atoms with van der Waals surface area (Å²) in [4.78, 5) is 11.1. The fraction of sp³-hybridized carbons (Fsp3) is 0.300. The number of hydrogen-bond donors (Lipinski definition) is 2. The van der Waals surface area contributed by atoms with Crippen LogP contribution in [0.1, 0.15) is 17.4 Å². The van der Waals surface area contributed by atoms with E-state index in [1.165, 1.54) is 0 Å². The van der Waals surface area contributed by atoms with Crippen molar-refractivity contribution in [3.63, 3.8) is 0 Å². The first-order chi connectivity index (χ1) is 7.13. The highest BCUT2D eigenvalue weighted by Crippen LogP contribution is 2.02. The topological polar surface area (TPSA) is 66.9 Å². The van der Waals surface area contributed by atoms with Gasteiger partial charge in [-0.1, -0.05) is 12.2 Å². The van der Waals surface area contributed by atoms with Gasteiger partial charge in [-0.15, -0.1) is 10.2 Å². The van der Waals surface area contributed by atoms with Gasteiger partial charge in [0, 0.05) is 13.6 Å². The van der Waals surface area contributed by atoms with Crippen LogP contribution in [-0.2, 0) is 0 Å². The summed E-state index contributed by atoms with van der Waals surface area (Å²) in [6.07, 6.45) is 0. The van der Waals surface area contributed by atoms with E-state index in [0.29, 0.717) is 18.1 Å². The van der Waals surface area contributed by atoms with Gasteiger partial charge < -0.3 is 10.6 Å². The van der Waals surface area contributed by atoms with Crippen LogP contribution in [0.5, 0.6) is 0 Å². The molecule has 0 saturated heterocycles. The summed E-state index contributed by atoms with van der Waals surface area (Å²) in [5, 5.41) is 13.1. The van der Waals surface area contributed by atoms with E-state index in [1.807, 2.05) is 6.92 Å². The van der Waals surface area contributed by atoms with E-state index in [0.717, 1.165) is 5.57 Å². The Balaban J connectivity index is 2.64. The number of amides is 1. The summed E-state index contributed by atoms with van der Waals surface area (Å²) in [6, 6.07) is 3.33. The molecule has 15 heavy (non-hydrogen) atoms. The predicted octanol–water partition coefficient (Wildman–Crippen LogP) is 0.824. The molecule has 5 heteroatoms. The minimum Gasteiger partial charge on any atom is -0.365 e. The van der Waals surface area contributed by atoms with Crippen LogP contribution in [0.3, 0.4) is 0 Å². The fourth-order valence-corrected chi connectivity index (χ4v) is 0.917. The largest absolute Gasteiger partial charge is 0.365 e. The van der Waals surface area contributed by atoms with E-state index in [4.69, 9.17) is 0 Å². The molecule has 80 valence electrons. The number of anilines is 1. The van der Waals surface area contributed by atoms with Crippen LogP contribution in [0.15, 0.2) is 24.3 Å². The van der Waals surface area contributed by atoms with Crippen molar-refractivity contribution in [2.45, 2.75) is 6.92 Å². The van der Waals surface area contributed by atoms with Gasteiger partial charge in [0.05, 0.1) is 0 Å². The smallest absolute Gasteiger partial charge is 0.271 e. The van der Waals surface area contributed by atoms with Crippen LogP contribution in [0, 0.1) is 0 Å². The molecule has 0 aliphatic rings. The fourth-order valence-electron chi connectivity index (χ4n) is 0.917. The molecule has 1 rings (SSSR count). The number of rotatable bonds is 4. The van der Waals surface area contributed by atoms with E-state index in [-0.39, 0.29) is 5.91 Å². The molecule has 0 atom stereocenters. The first kappa shape index (κ1) is 11.2. The van der Waals surface area contributed by atoms with Crippen molar-refractivity contribution in [1.82, 2.24) is 15.5 Å². The summed E-state index contributed by atoms with van der Waals surface area (Å²) >= 11 is 0. The van der Waals surface area contributed by atoms with Crippen LogP contribution in [-0.4, -0.2) is 29.7 Å². The van der Waals surface area contributed by atoms with E-state index in [1.54, 1.807) is 19.2 Å². The Bertz CT molecular complexity index is 358. The average molecular weight is 206 g/mol. The maximum absolute atomic E-state index is 11.1. The Kier molecular flexibility index (Phi) is 3.79. The molecule has 2 N–H and O–H groups in total. The molecular formula is C10H14N4O. The lowest BCUT2D eigenvalue weighted by molar-refractivity contribution is 0.0957. The van der Waals surface area contributed by atoms with Crippen LogP contribution in [0.2, 0.25) is 0 Å². The van der Waals surface area contributed by atoms with Gasteiger partial charge >= 0.3 is 0 Å². The SMILES string of the molecule is C=C(C)CNc1ccc(C(=O)NC)nn1. The molecule has 0 unspecified atom stereocenters. The van der Waals surface area contributed by atoms with Gasteiger partial charge in [-0.05, 0) is 19.1 Å². The first-order valence-corrected chi connectivity index (χ1v) is 4.57. The summed E-state index contributed by atoms with van der Waals surface area (Å²) in [5.41, 5.74) is 1.31. The van der Waals surface area contributed by atoms with E-state index >= 15 is 0 Å². The van der Waals surface area contributed by atoms with Crippen molar-refractivity contribution < 1.29 is 4.79 Å². The Morgan fingerprint density at radius 3 is 2.67 bits per heavy atom. The standard InChI is InChI=1S/C10H14N4O/c1-7(2)6-12-9-5-4-8(13-14-9)10(15)11-3/h4-5H,1,6H2,2-3H3,(H,11,15)(H,12,14). The number of nitrogens with one attached hydrogen (secondary N) is 2. The second kappa shape index (κ2) is 5.09. The van der Waals surface area contributed by atoms with Crippen molar-refractivity contribution >= 4 is 11.7 Å². The zero-order valence-electron chi connectivity index (χ0n) is 8.87. The molecule has 1 heterocycles. The molecule has 0 radical (unpaired) electrons. The number of hydrogen-bond acceptors (Lipinski definition) is 4. The van der Waals surface area contributed by atoms with Gasteiger partial charge in [-0.2, -0.15) is 0 Å². The summed E-state index contributed by atoms with van der Waals surface area (Å²) in [6.45, 7) is 6.32. The molecule has 0 fully saturated rings. The minimum absolute atomic E-state index is 0.242. The molecule has 0 spiro atoms. The predicted molar refractivity (Wildman–Crippen MR) is 58.7 cm³/mol. The van der Waals surface area contributed by atoms with Crippen molar-refractivity contribution in [3.8, 4) is 0 Å². The summed E-state index contributed by atoms with van der Waals surface area (Å²) in [7, 11) is 1.55. The molecule has 5 nitrogen and oxygen atoms in total. The van der Waals surface area contributed by atoms with E-state index in [9.17, 15) is 4.79 Å². The zero-order valence-corrected chi connectivity index (χ0v) is 8.87. The molecule has 1 amide bonds.